The Kier molecular flexibility index (Phi) is 5.91. The number of amides is 1. The summed E-state index contributed by atoms with van der Waals surface area (Å²) in [5.41, 5.74) is 0.917. The van der Waals surface area contributed by atoms with E-state index in [1.165, 1.54) is 11.8 Å². The molecular weight excluding hydrogens is 327 g/mol. The fourth-order valence-corrected chi connectivity index (χ4v) is 2.70. The molecular formula is C15H14Cl2N2OS. The van der Waals surface area contributed by atoms with Gasteiger partial charge in [-0.15, -0.1) is 0 Å². The zero-order valence-corrected chi connectivity index (χ0v) is 13.7. The summed E-state index contributed by atoms with van der Waals surface area (Å²) in [5.74, 6) is 0.270. The van der Waals surface area contributed by atoms with Gasteiger partial charge in [-0.1, -0.05) is 47.1 Å². The Morgan fingerprint density at radius 2 is 2.10 bits per heavy atom. The van der Waals surface area contributed by atoms with Crippen molar-refractivity contribution in [3.8, 4) is 0 Å². The largest absolute Gasteiger partial charge is 0.349 e. The smallest absolute Gasteiger partial charge is 0.230 e. The Hall–Kier alpha value is -1.23. The van der Waals surface area contributed by atoms with Gasteiger partial charge in [-0.3, -0.25) is 4.79 Å². The number of rotatable bonds is 5. The predicted molar refractivity (Wildman–Crippen MR) is 88.0 cm³/mol. The number of benzene rings is 1. The maximum atomic E-state index is 11.9. The second-order valence-corrected chi connectivity index (χ2v) is 6.23. The molecule has 1 aromatic carbocycles. The van der Waals surface area contributed by atoms with Gasteiger partial charge in [0.25, 0.3) is 0 Å². The number of carbonyl (C=O) groups is 1. The minimum absolute atomic E-state index is 0.0516. The zero-order valence-electron chi connectivity index (χ0n) is 11.3. The van der Waals surface area contributed by atoms with Crippen molar-refractivity contribution < 1.29 is 4.79 Å². The second-order valence-electron chi connectivity index (χ2n) is 4.42. The van der Waals surface area contributed by atoms with Crippen molar-refractivity contribution in [2.24, 2.45) is 0 Å². The van der Waals surface area contributed by atoms with E-state index in [4.69, 9.17) is 23.2 Å². The van der Waals surface area contributed by atoms with Crippen LogP contribution in [0.3, 0.4) is 0 Å². The number of hydrogen-bond acceptors (Lipinski definition) is 3. The average molecular weight is 341 g/mol. The highest BCUT2D eigenvalue weighted by Gasteiger charge is 2.11. The summed E-state index contributed by atoms with van der Waals surface area (Å²) in [5, 5.41) is 4.74. The van der Waals surface area contributed by atoms with Gasteiger partial charge >= 0.3 is 0 Å². The van der Waals surface area contributed by atoms with Gasteiger partial charge < -0.3 is 5.32 Å². The minimum Gasteiger partial charge on any atom is -0.349 e. The van der Waals surface area contributed by atoms with Crippen molar-refractivity contribution in [1.29, 1.82) is 0 Å². The summed E-state index contributed by atoms with van der Waals surface area (Å²) in [6.07, 6.45) is 1.71. The van der Waals surface area contributed by atoms with Crippen LogP contribution in [-0.4, -0.2) is 16.6 Å². The molecule has 0 saturated carbocycles. The number of hydrogen-bond donors (Lipinski definition) is 1. The van der Waals surface area contributed by atoms with Gasteiger partial charge in [0.1, 0.15) is 0 Å². The molecule has 1 heterocycles. The highest BCUT2D eigenvalue weighted by Crippen LogP contribution is 2.25. The molecule has 0 fully saturated rings. The zero-order chi connectivity index (χ0) is 15.2. The molecule has 6 heteroatoms. The molecule has 1 unspecified atom stereocenters. The lowest BCUT2D eigenvalue weighted by Gasteiger charge is -2.14. The quantitative estimate of drug-likeness (QED) is 0.822. The normalized spacial score (nSPS) is 12.0. The SMILES string of the molecule is CC(NC(=O)CSc1ccccn1)c1ccc(Cl)c(Cl)c1. The molecule has 0 saturated heterocycles. The monoisotopic (exact) mass is 340 g/mol. The van der Waals surface area contributed by atoms with Crippen LogP contribution in [0.4, 0.5) is 0 Å². The molecule has 1 atom stereocenters. The molecule has 0 radical (unpaired) electrons. The number of nitrogens with one attached hydrogen (secondary N) is 1. The number of nitrogens with zero attached hydrogens (tertiary/aromatic N) is 1. The lowest BCUT2D eigenvalue weighted by atomic mass is 10.1. The van der Waals surface area contributed by atoms with Crippen molar-refractivity contribution in [2.75, 3.05) is 5.75 Å². The Labute approximate surface area is 138 Å². The van der Waals surface area contributed by atoms with E-state index in [9.17, 15) is 4.79 Å². The Bertz CT molecular complexity index is 622. The van der Waals surface area contributed by atoms with E-state index in [0.717, 1.165) is 10.6 Å². The minimum atomic E-state index is -0.128. The Morgan fingerprint density at radius 1 is 1.29 bits per heavy atom. The molecule has 0 bridgehead atoms. The van der Waals surface area contributed by atoms with Crippen LogP contribution in [0.15, 0.2) is 47.6 Å². The van der Waals surface area contributed by atoms with Gasteiger partial charge in [0.05, 0.1) is 26.9 Å². The highest BCUT2D eigenvalue weighted by atomic mass is 35.5. The standard InChI is InChI=1S/C15H14Cl2N2OS/c1-10(11-5-6-12(16)13(17)8-11)19-14(20)9-21-15-4-2-3-7-18-15/h2-8,10H,9H2,1H3,(H,19,20). The predicted octanol–water partition coefficient (Wildman–Crippen LogP) is 4.36. The summed E-state index contributed by atoms with van der Waals surface area (Å²) in [6, 6.07) is 10.8. The number of halogens is 2. The first-order chi connectivity index (χ1) is 10.1. The van der Waals surface area contributed by atoms with Crippen LogP contribution < -0.4 is 5.32 Å². The topological polar surface area (TPSA) is 42.0 Å². The highest BCUT2D eigenvalue weighted by molar-refractivity contribution is 7.99. The molecule has 1 aromatic heterocycles. The number of thioether (sulfide) groups is 1. The van der Waals surface area contributed by atoms with Crippen LogP contribution >= 0.6 is 35.0 Å². The van der Waals surface area contributed by atoms with Crippen molar-refractivity contribution in [1.82, 2.24) is 10.3 Å². The summed E-state index contributed by atoms with van der Waals surface area (Å²) < 4.78 is 0. The molecule has 2 aromatic rings. The Balaban J connectivity index is 1.88. The first-order valence-electron chi connectivity index (χ1n) is 6.34. The first-order valence-corrected chi connectivity index (χ1v) is 8.08. The molecule has 0 aliphatic rings. The molecule has 1 amide bonds. The molecule has 0 spiro atoms. The number of aromatic nitrogens is 1. The molecule has 3 nitrogen and oxygen atoms in total. The first kappa shape index (κ1) is 16.1. The van der Waals surface area contributed by atoms with Gasteiger partial charge in [0, 0.05) is 6.20 Å². The van der Waals surface area contributed by atoms with Gasteiger partial charge in [0.15, 0.2) is 0 Å². The van der Waals surface area contributed by atoms with E-state index in [1.807, 2.05) is 31.2 Å². The van der Waals surface area contributed by atoms with E-state index >= 15 is 0 Å². The number of pyridine rings is 1. The summed E-state index contributed by atoms with van der Waals surface area (Å²) >= 11 is 13.3. The lowest BCUT2D eigenvalue weighted by Crippen LogP contribution is -2.28. The third kappa shape index (κ3) is 4.92. The lowest BCUT2D eigenvalue weighted by molar-refractivity contribution is -0.119. The summed E-state index contributed by atoms with van der Waals surface area (Å²) in [4.78, 5) is 16.1. The fraction of sp³-hybridized carbons (Fsp3) is 0.200. The van der Waals surface area contributed by atoms with E-state index in [2.05, 4.69) is 10.3 Å². The van der Waals surface area contributed by atoms with E-state index in [-0.39, 0.29) is 11.9 Å². The van der Waals surface area contributed by atoms with E-state index in [1.54, 1.807) is 18.3 Å². The van der Waals surface area contributed by atoms with Crippen molar-refractivity contribution in [2.45, 2.75) is 18.0 Å². The van der Waals surface area contributed by atoms with Gasteiger partial charge in [-0.05, 0) is 36.8 Å². The second kappa shape index (κ2) is 7.69. The third-order valence-corrected chi connectivity index (χ3v) is 4.49. The van der Waals surface area contributed by atoms with Crippen LogP contribution in [0.5, 0.6) is 0 Å². The maximum absolute atomic E-state index is 11.9. The molecule has 21 heavy (non-hydrogen) atoms. The average Bonchev–Trinajstić information content (AvgIpc) is 2.49. The van der Waals surface area contributed by atoms with E-state index in [0.29, 0.717) is 15.8 Å². The molecule has 0 aliphatic carbocycles. The van der Waals surface area contributed by atoms with Gasteiger partial charge in [0.2, 0.25) is 5.91 Å². The molecule has 1 N–H and O–H groups in total. The van der Waals surface area contributed by atoms with Crippen LogP contribution in [0.1, 0.15) is 18.5 Å². The summed E-state index contributed by atoms with van der Waals surface area (Å²) in [6.45, 7) is 1.91. The third-order valence-electron chi connectivity index (χ3n) is 2.81. The maximum Gasteiger partial charge on any atom is 0.230 e. The molecule has 0 aliphatic heterocycles. The van der Waals surface area contributed by atoms with Crippen molar-refractivity contribution >= 4 is 40.9 Å². The number of carbonyl (C=O) groups excluding carboxylic acids is 1. The summed E-state index contributed by atoms with van der Waals surface area (Å²) in [7, 11) is 0. The fourth-order valence-electron chi connectivity index (χ4n) is 1.72. The Morgan fingerprint density at radius 3 is 2.76 bits per heavy atom. The van der Waals surface area contributed by atoms with Gasteiger partial charge in [-0.25, -0.2) is 4.98 Å². The van der Waals surface area contributed by atoms with Crippen molar-refractivity contribution in [3.63, 3.8) is 0 Å². The van der Waals surface area contributed by atoms with Crippen LogP contribution in [-0.2, 0) is 4.79 Å². The van der Waals surface area contributed by atoms with Crippen LogP contribution in [0.25, 0.3) is 0 Å². The molecule has 110 valence electrons. The molecule has 2 rings (SSSR count). The van der Waals surface area contributed by atoms with Crippen molar-refractivity contribution in [3.05, 3.63) is 58.2 Å². The van der Waals surface area contributed by atoms with Crippen LogP contribution in [0.2, 0.25) is 10.0 Å². The van der Waals surface area contributed by atoms with Crippen LogP contribution in [0, 0.1) is 0 Å². The van der Waals surface area contributed by atoms with Gasteiger partial charge in [-0.2, -0.15) is 0 Å². The van der Waals surface area contributed by atoms with E-state index < -0.39 is 0 Å².